The highest BCUT2D eigenvalue weighted by molar-refractivity contribution is 14.1. The van der Waals surface area contributed by atoms with Gasteiger partial charge in [0.2, 0.25) is 0 Å². The topological polar surface area (TPSA) is 12.0 Å². The molecule has 0 amide bonds. The number of hydrogen-bond donors (Lipinski definition) is 1. The number of benzene rings is 2. The van der Waals surface area contributed by atoms with Crippen molar-refractivity contribution in [1.29, 1.82) is 0 Å². The number of nitrogens with one attached hydrogen (secondary N) is 1. The molecule has 1 atom stereocenters. The maximum atomic E-state index is 3.67. The summed E-state index contributed by atoms with van der Waals surface area (Å²) in [6, 6.07) is 18.0. The summed E-state index contributed by atoms with van der Waals surface area (Å²) in [6.07, 6.45) is 2.20. The smallest absolute Gasteiger partial charge is 0.0361 e. The van der Waals surface area contributed by atoms with Crippen molar-refractivity contribution in [2.24, 2.45) is 0 Å². The van der Waals surface area contributed by atoms with E-state index >= 15 is 0 Å². The van der Waals surface area contributed by atoms with E-state index < -0.39 is 0 Å². The van der Waals surface area contributed by atoms with Crippen LogP contribution in [-0.4, -0.2) is 6.54 Å². The molecule has 0 saturated heterocycles. The number of rotatable bonds is 6. The summed E-state index contributed by atoms with van der Waals surface area (Å²) in [6.45, 7) is 3.27. The second-order valence-electron chi connectivity index (χ2n) is 4.89. The van der Waals surface area contributed by atoms with Crippen molar-refractivity contribution in [3.8, 4) is 0 Å². The predicted octanol–water partition coefficient (Wildman–Crippen LogP) is 5.18. The van der Waals surface area contributed by atoms with Gasteiger partial charge in [0.1, 0.15) is 0 Å². The lowest BCUT2D eigenvalue weighted by Gasteiger charge is -2.19. The molecule has 0 aliphatic rings. The Bertz CT molecular complexity index is 537. The minimum absolute atomic E-state index is 0.393. The maximum Gasteiger partial charge on any atom is 0.0361 e. The van der Waals surface area contributed by atoms with Gasteiger partial charge >= 0.3 is 0 Å². The zero-order valence-corrected chi connectivity index (χ0v) is 15.9. The fourth-order valence-corrected chi connectivity index (χ4v) is 3.13. The van der Waals surface area contributed by atoms with Crippen LogP contribution in [0.3, 0.4) is 0 Å². The number of halogens is 2. The second-order valence-corrected chi connectivity index (χ2v) is 7.38. The highest BCUT2D eigenvalue weighted by atomic mass is 127. The Morgan fingerprint density at radius 1 is 1.00 bits per heavy atom. The van der Waals surface area contributed by atoms with Crippen LogP contribution in [0.15, 0.2) is 48.5 Å². The summed E-state index contributed by atoms with van der Waals surface area (Å²) >= 11 is 4.74. The van der Waals surface area contributed by atoms with Crippen LogP contribution in [0, 0.1) is 7.14 Å². The van der Waals surface area contributed by atoms with Gasteiger partial charge in [0, 0.05) is 13.2 Å². The predicted molar refractivity (Wildman–Crippen MR) is 103 cm³/mol. The standard InChI is InChI=1S/C17H19I2N/c1-2-10-20-17(14-4-3-5-16(19)12-14)11-13-6-8-15(18)9-7-13/h3-9,12,17,20H,2,10-11H2,1H3. The summed E-state index contributed by atoms with van der Waals surface area (Å²) in [5.74, 6) is 0. The highest BCUT2D eigenvalue weighted by Crippen LogP contribution is 2.21. The molecule has 1 nitrogen and oxygen atoms in total. The Hall–Kier alpha value is -0.140. The van der Waals surface area contributed by atoms with Gasteiger partial charge < -0.3 is 5.32 Å². The summed E-state index contributed by atoms with van der Waals surface area (Å²) in [5.41, 5.74) is 2.77. The Morgan fingerprint density at radius 3 is 2.40 bits per heavy atom. The van der Waals surface area contributed by atoms with Gasteiger partial charge in [-0.3, -0.25) is 0 Å². The van der Waals surface area contributed by atoms with Crippen molar-refractivity contribution < 1.29 is 0 Å². The van der Waals surface area contributed by atoms with Crippen molar-refractivity contribution in [3.63, 3.8) is 0 Å². The first kappa shape index (κ1) is 16.2. The molecule has 20 heavy (non-hydrogen) atoms. The zero-order valence-electron chi connectivity index (χ0n) is 11.6. The van der Waals surface area contributed by atoms with Crippen LogP contribution >= 0.6 is 45.2 Å². The summed E-state index contributed by atoms with van der Waals surface area (Å²) in [5, 5.41) is 3.67. The highest BCUT2D eigenvalue weighted by Gasteiger charge is 2.11. The Labute approximate surface area is 148 Å². The lowest BCUT2D eigenvalue weighted by atomic mass is 9.99. The molecular formula is C17H19I2N. The molecule has 0 bridgehead atoms. The van der Waals surface area contributed by atoms with E-state index in [-0.39, 0.29) is 0 Å². The molecule has 0 fully saturated rings. The fourth-order valence-electron chi connectivity index (χ4n) is 2.21. The van der Waals surface area contributed by atoms with E-state index in [1.807, 2.05) is 0 Å². The Kier molecular flexibility index (Phi) is 6.77. The quantitative estimate of drug-likeness (QED) is 0.550. The first-order chi connectivity index (χ1) is 9.69. The van der Waals surface area contributed by atoms with E-state index in [1.165, 1.54) is 18.3 Å². The van der Waals surface area contributed by atoms with Crippen LogP contribution in [-0.2, 0) is 6.42 Å². The molecule has 0 aliphatic carbocycles. The van der Waals surface area contributed by atoms with Gasteiger partial charge in [0.05, 0.1) is 0 Å². The van der Waals surface area contributed by atoms with Gasteiger partial charge in [-0.05, 0) is 100.0 Å². The molecule has 0 radical (unpaired) electrons. The van der Waals surface area contributed by atoms with Crippen LogP contribution in [0.5, 0.6) is 0 Å². The molecule has 0 spiro atoms. The molecule has 1 unspecified atom stereocenters. The summed E-state index contributed by atoms with van der Waals surface area (Å²) < 4.78 is 2.59. The number of hydrogen-bond acceptors (Lipinski definition) is 1. The largest absolute Gasteiger partial charge is 0.310 e. The van der Waals surface area contributed by atoms with Gasteiger partial charge in [0.25, 0.3) is 0 Å². The minimum Gasteiger partial charge on any atom is -0.310 e. The van der Waals surface area contributed by atoms with E-state index in [4.69, 9.17) is 0 Å². The van der Waals surface area contributed by atoms with Crippen molar-refractivity contribution >= 4 is 45.2 Å². The third-order valence-corrected chi connectivity index (χ3v) is 4.64. The first-order valence-electron chi connectivity index (χ1n) is 6.92. The van der Waals surface area contributed by atoms with E-state index in [9.17, 15) is 0 Å². The van der Waals surface area contributed by atoms with E-state index in [1.54, 1.807) is 0 Å². The third kappa shape index (κ3) is 5.00. The van der Waals surface area contributed by atoms with Crippen molar-refractivity contribution in [3.05, 3.63) is 66.8 Å². The maximum absolute atomic E-state index is 3.67. The lowest BCUT2D eigenvalue weighted by molar-refractivity contribution is 0.529. The average molecular weight is 491 g/mol. The minimum atomic E-state index is 0.393. The zero-order chi connectivity index (χ0) is 14.4. The van der Waals surface area contributed by atoms with E-state index in [2.05, 4.69) is 106 Å². The molecule has 0 saturated carbocycles. The fraction of sp³-hybridized carbons (Fsp3) is 0.294. The monoisotopic (exact) mass is 491 g/mol. The van der Waals surface area contributed by atoms with Crippen LogP contribution in [0.25, 0.3) is 0 Å². The van der Waals surface area contributed by atoms with Crippen molar-refractivity contribution in [2.75, 3.05) is 6.54 Å². The van der Waals surface area contributed by atoms with Gasteiger partial charge in [-0.2, -0.15) is 0 Å². The van der Waals surface area contributed by atoms with Crippen molar-refractivity contribution in [2.45, 2.75) is 25.8 Å². The molecule has 0 aliphatic heterocycles. The van der Waals surface area contributed by atoms with Gasteiger partial charge in [-0.25, -0.2) is 0 Å². The molecule has 0 heterocycles. The molecule has 2 rings (SSSR count). The summed E-state index contributed by atoms with van der Waals surface area (Å²) in [7, 11) is 0. The second kappa shape index (κ2) is 8.34. The molecular weight excluding hydrogens is 472 g/mol. The molecule has 2 aromatic carbocycles. The molecule has 2 aromatic rings. The Morgan fingerprint density at radius 2 is 1.75 bits per heavy atom. The van der Waals surface area contributed by atoms with E-state index in [0.717, 1.165) is 19.4 Å². The first-order valence-corrected chi connectivity index (χ1v) is 9.08. The van der Waals surface area contributed by atoms with Crippen LogP contribution in [0.4, 0.5) is 0 Å². The van der Waals surface area contributed by atoms with Gasteiger partial charge in [0.15, 0.2) is 0 Å². The van der Waals surface area contributed by atoms with Crippen molar-refractivity contribution in [1.82, 2.24) is 5.32 Å². The van der Waals surface area contributed by atoms with Gasteiger partial charge in [-0.15, -0.1) is 0 Å². The van der Waals surface area contributed by atoms with Crippen LogP contribution in [0.1, 0.15) is 30.5 Å². The summed E-state index contributed by atoms with van der Waals surface area (Å²) in [4.78, 5) is 0. The lowest BCUT2D eigenvalue weighted by Crippen LogP contribution is -2.24. The van der Waals surface area contributed by atoms with E-state index in [0.29, 0.717) is 6.04 Å². The molecule has 3 heteroatoms. The van der Waals surface area contributed by atoms with Crippen LogP contribution < -0.4 is 5.32 Å². The molecule has 0 aromatic heterocycles. The van der Waals surface area contributed by atoms with Crippen LogP contribution in [0.2, 0.25) is 0 Å². The van der Waals surface area contributed by atoms with Gasteiger partial charge in [-0.1, -0.05) is 31.2 Å². The molecule has 1 N–H and O–H groups in total. The SMILES string of the molecule is CCCNC(Cc1ccc(I)cc1)c1cccc(I)c1. The molecule has 106 valence electrons. The normalized spacial score (nSPS) is 12.3. The Balaban J connectivity index is 2.16. The average Bonchev–Trinajstić information content (AvgIpc) is 2.45. The third-order valence-electron chi connectivity index (χ3n) is 3.24.